The van der Waals surface area contributed by atoms with E-state index in [1.54, 1.807) is 30.3 Å². The maximum absolute atomic E-state index is 12.0. The van der Waals surface area contributed by atoms with Gasteiger partial charge in [0, 0.05) is 6.42 Å². The van der Waals surface area contributed by atoms with Crippen LogP contribution in [0.4, 0.5) is 0 Å². The van der Waals surface area contributed by atoms with E-state index in [1.165, 1.54) is 0 Å². The lowest BCUT2D eigenvalue weighted by Gasteiger charge is -2.21. The van der Waals surface area contributed by atoms with Gasteiger partial charge in [0.2, 0.25) is 5.91 Å². The largest absolute Gasteiger partial charge is 0.280 e. The van der Waals surface area contributed by atoms with Crippen molar-refractivity contribution in [3.8, 4) is 0 Å². The summed E-state index contributed by atoms with van der Waals surface area (Å²) < 4.78 is 0. The molecular weight excluding hydrogens is 256 g/mol. The number of allylic oxidation sites excluding steroid dienone is 1. The van der Waals surface area contributed by atoms with E-state index in [9.17, 15) is 14.4 Å². The number of rotatable bonds is 4. The van der Waals surface area contributed by atoms with Crippen molar-refractivity contribution in [2.24, 2.45) is 5.41 Å². The number of nitrogens with one attached hydrogen (secondary N) is 1. The van der Waals surface area contributed by atoms with Crippen LogP contribution in [0.3, 0.4) is 0 Å². The fourth-order valence-electron chi connectivity index (χ4n) is 1.94. The van der Waals surface area contributed by atoms with E-state index < -0.39 is 23.1 Å². The Balaban J connectivity index is 2.13. The summed E-state index contributed by atoms with van der Waals surface area (Å²) in [6, 6.07) is 6.48. The molecule has 0 saturated carbocycles. The molecule has 5 nitrogen and oxygen atoms in total. The zero-order valence-electron chi connectivity index (χ0n) is 11.5. The van der Waals surface area contributed by atoms with Gasteiger partial charge in [-0.2, -0.15) is 5.01 Å². The van der Waals surface area contributed by atoms with Crippen molar-refractivity contribution in [1.29, 1.82) is 0 Å². The first kappa shape index (κ1) is 14.0. The molecule has 1 aromatic carbocycles. The van der Waals surface area contributed by atoms with Gasteiger partial charge < -0.3 is 0 Å². The van der Waals surface area contributed by atoms with Crippen LogP contribution in [-0.4, -0.2) is 22.7 Å². The predicted molar refractivity (Wildman–Crippen MR) is 73.7 cm³/mol. The van der Waals surface area contributed by atoms with Crippen molar-refractivity contribution in [2.45, 2.75) is 20.3 Å². The van der Waals surface area contributed by atoms with Crippen molar-refractivity contribution in [1.82, 2.24) is 10.4 Å². The molecule has 1 aliphatic rings. The van der Waals surface area contributed by atoms with E-state index in [0.717, 1.165) is 5.01 Å². The summed E-state index contributed by atoms with van der Waals surface area (Å²) in [6.45, 7) is 7.35. The molecule has 0 unspecified atom stereocenters. The minimum absolute atomic E-state index is 0.143. The molecule has 20 heavy (non-hydrogen) atoms. The fourth-order valence-corrected chi connectivity index (χ4v) is 1.94. The minimum Gasteiger partial charge on any atom is -0.273 e. The Hall–Kier alpha value is -2.43. The van der Waals surface area contributed by atoms with Crippen molar-refractivity contribution in [3.63, 3.8) is 0 Å². The van der Waals surface area contributed by atoms with Crippen LogP contribution in [0.5, 0.6) is 0 Å². The molecule has 0 aliphatic carbocycles. The summed E-state index contributed by atoms with van der Waals surface area (Å²) in [5, 5.41) is 0.770. The summed E-state index contributed by atoms with van der Waals surface area (Å²) in [5.74, 6) is -1.41. The summed E-state index contributed by atoms with van der Waals surface area (Å²) in [7, 11) is 0. The standard InChI is InChI=1S/C15H16N2O3/c1-4-15(2,3)9-12(18)16-17-13(19)10-7-5-6-8-11(10)14(17)20/h4-8H,1,9H2,2-3H3,(H,16,18). The zero-order chi connectivity index (χ0) is 14.9. The molecule has 0 aromatic heterocycles. The minimum atomic E-state index is -0.504. The molecule has 1 N–H and O–H groups in total. The van der Waals surface area contributed by atoms with Crippen LogP contribution >= 0.6 is 0 Å². The number of benzene rings is 1. The smallest absolute Gasteiger partial charge is 0.273 e. The Bertz CT molecular complexity index is 570. The van der Waals surface area contributed by atoms with Crippen LogP contribution in [0.2, 0.25) is 0 Å². The lowest BCUT2D eigenvalue weighted by molar-refractivity contribution is -0.125. The second kappa shape index (κ2) is 4.92. The lowest BCUT2D eigenvalue weighted by Crippen LogP contribution is -2.46. The fraction of sp³-hybridized carbons (Fsp3) is 0.267. The Labute approximate surface area is 117 Å². The molecule has 3 amide bonds. The van der Waals surface area contributed by atoms with Crippen LogP contribution in [0.25, 0.3) is 0 Å². The van der Waals surface area contributed by atoms with E-state index in [0.29, 0.717) is 11.1 Å². The molecule has 2 rings (SSSR count). The molecule has 0 bridgehead atoms. The highest BCUT2D eigenvalue weighted by Crippen LogP contribution is 2.23. The van der Waals surface area contributed by atoms with Gasteiger partial charge >= 0.3 is 0 Å². The van der Waals surface area contributed by atoms with E-state index in [4.69, 9.17) is 0 Å². The first-order chi connectivity index (χ1) is 9.35. The second-order valence-electron chi connectivity index (χ2n) is 5.40. The molecular formula is C15H16N2O3. The van der Waals surface area contributed by atoms with Gasteiger partial charge in [0.15, 0.2) is 0 Å². The summed E-state index contributed by atoms with van der Waals surface area (Å²) in [5.41, 5.74) is 2.58. The molecule has 0 atom stereocenters. The summed E-state index contributed by atoms with van der Waals surface area (Å²) in [6.07, 6.45) is 1.80. The van der Waals surface area contributed by atoms with E-state index in [1.807, 2.05) is 13.8 Å². The second-order valence-corrected chi connectivity index (χ2v) is 5.40. The highest BCUT2D eigenvalue weighted by molar-refractivity contribution is 6.21. The van der Waals surface area contributed by atoms with Crippen molar-refractivity contribution >= 4 is 17.7 Å². The molecule has 1 aromatic rings. The van der Waals surface area contributed by atoms with Gasteiger partial charge in [-0.15, -0.1) is 6.58 Å². The third-order valence-corrected chi connectivity index (χ3v) is 3.20. The monoisotopic (exact) mass is 272 g/mol. The molecule has 5 heteroatoms. The number of hydrazine groups is 1. The number of nitrogens with zero attached hydrogens (tertiary/aromatic N) is 1. The highest BCUT2D eigenvalue weighted by atomic mass is 16.2. The van der Waals surface area contributed by atoms with Gasteiger partial charge in [0.25, 0.3) is 11.8 Å². The Kier molecular flexibility index (Phi) is 3.44. The van der Waals surface area contributed by atoms with Gasteiger partial charge in [-0.1, -0.05) is 32.1 Å². The maximum atomic E-state index is 12.0. The molecule has 1 heterocycles. The van der Waals surface area contributed by atoms with E-state index >= 15 is 0 Å². The first-order valence-corrected chi connectivity index (χ1v) is 6.26. The van der Waals surface area contributed by atoms with Crippen LogP contribution in [0.15, 0.2) is 36.9 Å². The number of amides is 3. The predicted octanol–water partition coefficient (Wildman–Crippen LogP) is 1.92. The molecule has 0 spiro atoms. The number of hydrogen-bond acceptors (Lipinski definition) is 3. The molecule has 0 saturated heterocycles. The Morgan fingerprint density at radius 1 is 1.25 bits per heavy atom. The Morgan fingerprint density at radius 2 is 1.75 bits per heavy atom. The SMILES string of the molecule is C=CC(C)(C)CC(=O)NN1C(=O)c2ccccc2C1=O. The van der Waals surface area contributed by atoms with Crippen LogP contribution < -0.4 is 5.43 Å². The average Bonchev–Trinajstić information content (AvgIpc) is 2.64. The normalized spacial score (nSPS) is 14.2. The zero-order valence-corrected chi connectivity index (χ0v) is 11.5. The average molecular weight is 272 g/mol. The maximum Gasteiger partial charge on any atom is 0.280 e. The summed E-state index contributed by atoms with van der Waals surface area (Å²) >= 11 is 0. The van der Waals surface area contributed by atoms with Gasteiger partial charge in [0.1, 0.15) is 0 Å². The van der Waals surface area contributed by atoms with Crippen LogP contribution in [0, 0.1) is 5.41 Å². The lowest BCUT2D eigenvalue weighted by atomic mass is 9.89. The third kappa shape index (κ3) is 2.47. The first-order valence-electron chi connectivity index (χ1n) is 6.26. The van der Waals surface area contributed by atoms with E-state index in [2.05, 4.69) is 12.0 Å². The van der Waals surface area contributed by atoms with Gasteiger partial charge in [-0.3, -0.25) is 19.8 Å². The van der Waals surface area contributed by atoms with Crippen molar-refractivity contribution < 1.29 is 14.4 Å². The van der Waals surface area contributed by atoms with E-state index in [-0.39, 0.29) is 6.42 Å². The van der Waals surface area contributed by atoms with Crippen molar-refractivity contribution in [2.75, 3.05) is 0 Å². The third-order valence-electron chi connectivity index (χ3n) is 3.20. The van der Waals surface area contributed by atoms with Gasteiger partial charge in [0.05, 0.1) is 11.1 Å². The highest BCUT2D eigenvalue weighted by Gasteiger charge is 2.36. The number of imide groups is 1. The van der Waals surface area contributed by atoms with Gasteiger partial charge in [-0.25, -0.2) is 0 Å². The van der Waals surface area contributed by atoms with Crippen LogP contribution in [-0.2, 0) is 4.79 Å². The van der Waals surface area contributed by atoms with Crippen molar-refractivity contribution in [3.05, 3.63) is 48.0 Å². The number of hydrogen-bond donors (Lipinski definition) is 1. The molecule has 104 valence electrons. The number of carbonyl (C=O) groups excluding carboxylic acids is 3. The van der Waals surface area contributed by atoms with Gasteiger partial charge in [-0.05, 0) is 17.5 Å². The topological polar surface area (TPSA) is 66.5 Å². The summed E-state index contributed by atoms with van der Waals surface area (Å²) in [4.78, 5) is 36.0. The molecule has 1 aliphatic heterocycles. The Morgan fingerprint density at radius 3 is 2.20 bits per heavy atom. The number of fused-ring (bicyclic) bond motifs is 1. The molecule has 0 radical (unpaired) electrons. The van der Waals surface area contributed by atoms with Crippen LogP contribution in [0.1, 0.15) is 41.0 Å². The molecule has 0 fully saturated rings. The quantitative estimate of drug-likeness (QED) is 0.672. The number of carbonyl (C=O) groups is 3.